The molecule has 0 saturated heterocycles. The van der Waals surface area contributed by atoms with Crippen LogP contribution in [0.15, 0.2) is 21.6 Å². The minimum absolute atomic E-state index is 0.277. The van der Waals surface area contributed by atoms with Gasteiger partial charge in [0.25, 0.3) is 0 Å². The molecule has 0 fully saturated rings. The van der Waals surface area contributed by atoms with Crippen LogP contribution in [0.3, 0.4) is 0 Å². The fourth-order valence-electron chi connectivity index (χ4n) is 1.22. The van der Waals surface area contributed by atoms with Crippen LogP contribution < -0.4 is 5.73 Å². The first-order valence-corrected chi connectivity index (χ1v) is 5.62. The average Bonchev–Trinajstić information content (AvgIpc) is 2.14. The maximum Gasteiger partial charge on any atom is 0.137 e. The molecule has 0 aliphatic heterocycles. The number of hydrogen-bond acceptors (Lipinski definition) is 1. The van der Waals surface area contributed by atoms with Crippen LogP contribution in [-0.2, 0) is 0 Å². The number of nitrogens with zero attached hydrogens (tertiary/aromatic N) is 1. The van der Waals surface area contributed by atoms with Gasteiger partial charge in [0, 0.05) is 6.42 Å². The molecule has 0 spiro atoms. The van der Waals surface area contributed by atoms with Crippen molar-refractivity contribution < 1.29 is 4.39 Å². The standard InChI is InChI=1S/C11H14BrFN2/c1-3-4-11(14)15-10-6-8(12)9(13)5-7(10)2/h5-6H,3-4H2,1-2H3,(H2,14,15). The highest BCUT2D eigenvalue weighted by molar-refractivity contribution is 9.10. The van der Waals surface area contributed by atoms with Crippen LogP contribution in [0.2, 0.25) is 0 Å². The van der Waals surface area contributed by atoms with Gasteiger partial charge in [-0.1, -0.05) is 6.92 Å². The highest BCUT2D eigenvalue weighted by Crippen LogP contribution is 2.26. The summed E-state index contributed by atoms with van der Waals surface area (Å²) in [6.45, 7) is 3.85. The third-order valence-electron chi connectivity index (χ3n) is 2.01. The van der Waals surface area contributed by atoms with Gasteiger partial charge in [0.05, 0.1) is 16.0 Å². The molecule has 0 aromatic heterocycles. The van der Waals surface area contributed by atoms with E-state index in [1.165, 1.54) is 6.07 Å². The molecule has 82 valence electrons. The van der Waals surface area contributed by atoms with Crippen LogP contribution in [0, 0.1) is 12.7 Å². The minimum Gasteiger partial charge on any atom is -0.387 e. The number of aryl methyl sites for hydroxylation is 1. The molecular formula is C11H14BrFN2. The highest BCUT2D eigenvalue weighted by Gasteiger charge is 2.04. The highest BCUT2D eigenvalue weighted by atomic mass is 79.9. The monoisotopic (exact) mass is 272 g/mol. The third kappa shape index (κ3) is 3.30. The molecule has 4 heteroatoms. The minimum atomic E-state index is -0.277. The predicted octanol–water partition coefficient (Wildman–Crippen LogP) is 3.69. The lowest BCUT2D eigenvalue weighted by Crippen LogP contribution is -2.10. The molecule has 0 aliphatic carbocycles. The van der Waals surface area contributed by atoms with Crippen LogP contribution in [0.1, 0.15) is 25.3 Å². The lowest BCUT2D eigenvalue weighted by Gasteiger charge is -2.04. The molecule has 0 radical (unpaired) electrons. The van der Waals surface area contributed by atoms with Crippen LogP contribution >= 0.6 is 15.9 Å². The molecule has 1 aromatic carbocycles. The summed E-state index contributed by atoms with van der Waals surface area (Å²) in [4.78, 5) is 4.25. The van der Waals surface area contributed by atoms with Gasteiger partial charge < -0.3 is 5.73 Å². The SMILES string of the molecule is CCCC(N)=Nc1cc(Br)c(F)cc1C. The molecule has 0 bridgehead atoms. The molecule has 2 N–H and O–H groups in total. The molecule has 0 unspecified atom stereocenters. The fourth-order valence-corrected chi connectivity index (χ4v) is 1.55. The Morgan fingerprint density at radius 3 is 2.80 bits per heavy atom. The molecule has 0 saturated carbocycles. The van der Waals surface area contributed by atoms with Gasteiger partial charge in [-0.25, -0.2) is 9.38 Å². The summed E-state index contributed by atoms with van der Waals surface area (Å²) < 4.78 is 13.5. The van der Waals surface area contributed by atoms with Gasteiger partial charge in [0.2, 0.25) is 0 Å². The molecule has 2 nitrogen and oxygen atoms in total. The molecular weight excluding hydrogens is 259 g/mol. The zero-order valence-corrected chi connectivity index (χ0v) is 10.4. The second-order valence-electron chi connectivity index (χ2n) is 3.41. The molecule has 1 aromatic rings. The molecule has 0 heterocycles. The summed E-state index contributed by atoms with van der Waals surface area (Å²) in [5.41, 5.74) is 7.22. The van der Waals surface area contributed by atoms with Crippen LogP contribution in [0.25, 0.3) is 0 Å². The van der Waals surface area contributed by atoms with E-state index < -0.39 is 0 Å². The van der Waals surface area contributed by atoms with Crippen molar-refractivity contribution in [3.05, 3.63) is 28.0 Å². The lowest BCUT2D eigenvalue weighted by molar-refractivity contribution is 0.620. The summed E-state index contributed by atoms with van der Waals surface area (Å²) in [6, 6.07) is 3.09. The lowest BCUT2D eigenvalue weighted by atomic mass is 10.2. The third-order valence-corrected chi connectivity index (χ3v) is 2.62. The fraction of sp³-hybridized carbons (Fsp3) is 0.364. The molecule has 0 aliphatic rings. The first-order chi connectivity index (χ1) is 7.04. The Labute approximate surface area is 97.5 Å². The Balaban J connectivity index is 3.05. The van der Waals surface area contributed by atoms with E-state index in [0.717, 1.165) is 18.4 Å². The number of nitrogens with two attached hydrogens (primary N) is 1. The smallest absolute Gasteiger partial charge is 0.137 e. The van der Waals surface area contributed by atoms with Crippen molar-refractivity contribution in [2.75, 3.05) is 0 Å². The van der Waals surface area contributed by atoms with Gasteiger partial charge in [0.1, 0.15) is 5.82 Å². The topological polar surface area (TPSA) is 38.4 Å². The summed E-state index contributed by atoms with van der Waals surface area (Å²) in [5.74, 6) is 0.305. The van der Waals surface area contributed by atoms with Gasteiger partial charge in [-0.3, -0.25) is 0 Å². The van der Waals surface area contributed by atoms with E-state index in [2.05, 4.69) is 20.9 Å². The largest absolute Gasteiger partial charge is 0.387 e. The Kier molecular flexibility index (Phi) is 4.27. The van der Waals surface area contributed by atoms with Gasteiger partial charge in [0.15, 0.2) is 0 Å². The van der Waals surface area contributed by atoms with Crippen LogP contribution in [0.4, 0.5) is 10.1 Å². The molecule has 0 atom stereocenters. The zero-order valence-electron chi connectivity index (χ0n) is 8.85. The number of rotatable bonds is 3. The number of hydrogen-bond donors (Lipinski definition) is 1. The number of aliphatic imine (C=N–C) groups is 1. The van der Waals surface area contributed by atoms with Crippen LogP contribution in [0.5, 0.6) is 0 Å². The summed E-state index contributed by atoms with van der Waals surface area (Å²) >= 11 is 3.12. The van der Waals surface area contributed by atoms with Crippen molar-refractivity contribution in [3.63, 3.8) is 0 Å². The molecule has 1 rings (SSSR count). The molecule has 15 heavy (non-hydrogen) atoms. The summed E-state index contributed by atoms with van der Waals surface area (Å²) in [7, 11) is 0. The first kappa shape index (κ1) is 12.2. The summed E-state index contributed by atoms with van der Waals surface area (Å²) in [6.07, 6.45) is 1.71. The van der Waals surface area contributed by atoms with E-state index >= 15 is 0 Å². The number of amidine groups is 1. The van der Waals surface area contributed by atoms with Crippen molar-refractivity contribution in [2.45, 2.75) is 26.7 Å². The maximum atomic E-state index is 13.1. The van der Waals surface area contributed by atoms with Crippen molar-refractivity contribution in [3.8, 4) is 0 Å². The Hall–Kier alpha value is -0.900. The summed E-state index contributed by atoms with van der Waals surface area (Å²) in [5, 5.41) is 0. The van der Waals surface area contributed by atoms with E-state index in [1.54, 1.807) is 6.07 Å². The van der Waals surface area contributed by atoms with Gasteiger partial charge >= 0.3 is 0 Å². The Bertz CT molecular complexity index is 388. The van der Waals surface area contributed by atoms with Gasteiger partial charge in [-0.05, 0) is 47.0 Å². The quantitative estimate of drug-likeness (QED) is 0.662. The van der Waals surface area contributed by atoms with Crippen LogP contribution in [-0.4, -0.2) is 5.84 Å². The first-order valence-electron chi connectivity index (χ1n) is 4.83. The van der Waals surface area contributed by atoms with E-state index in [9.17, 15) is 4.39 Å². The van der Waals surface area contributed by atoms with Gasteiger partial charge in [-0.2, -0.15) is 0 Å². The van der Waals surface area contributed by atoms with Crippen molar-refractivity contribution in [2.24, 2.45) is 10.7 Å². The van der Waals surface area contributed by atoms with E-state index in [-0.39, 0.29) is 5.82 Å². The van der Waals surface area contributed by atoms with E-state index in [4.69, 9.17) is 5.73 Å². The normalized spacial score (nSPS) is 11.9. The Morgan fingerprint density at radius 1 is 1.53 bits per heavy atom. The zero-order chi connectivity index (χ0) is 11.4. The second kappa shape index (κ2) is 5.26. The number of halogens is 2. The number of benzene rings is 1. The van der Waals surface area contributed by atoms with E-state index in [0.29, 0.717) is 16.0 Å². The van der Waals surface area contributed by atoms with Gasteiger partial charge in [-0.15, -0.1) is 0 Å². The van der Waals surface area contributed by atoms with Crippen molar-refractivity contribution in [1.29, 1.82) is 0 Å². The predicted molar refractivity (Wildman–Crippen MR) is 65.0 cm³/mol. The van der Waals surface area contributed by atoms with Crippen molar-refractivity contribution >= 4 is 27.5 Å². The molecule has 0 amide bonds. The second-order valence-corrected chi connectivity index (χ2v) is 4.26. The van der Waals surface area contributed by atoms with Crippen molar-refractivity contribution in [1.82, 2.24) is 0 Å². The Morgan fingerprint density at radius 2 is 2.20 bits per heavy atom. The van der Waals surface area contributed by atoms with E-state index in [1.807, 2.05) is 13.8 Å². The maximum absolute atomic E-state index is 13.1. The average molecular weight is 273 g/mol.